The van der Waals surface area contributed by atoms with Crippen molar-refractivity contribution in [3.8, 4) is 0 Å². The van der Waals surface area contributed by atoms with Crippen molar-refractivity contribution in [1.29, 1.82) is 0 Å². The first-order chi connectivity index (χ1) is 8.93. The molecule has 2 heterocycles. The Morgan fingerprint density at radius 1 is 1.53 bits per heavy atom. The van der Waals surface area contributed by atoms with Gasteiger partial charge in [-0.2, -0.15) is 5.10 Å². The fourth-order valence-corrected chi connectivity index (χ4v) is 4.50. The average molecular weight is 285 g/mol. The molecule has 19 heavy (non-hydrogen) atoms. The summed E-state index contributed by atoms with van der Waals surface area (Å²) in [5, 5.41) is 7.77. The van der Waals surface area contributed by atoms with Crippen molar-refractivity contribution in [3.63, 3.8) is 0 Å². The molecular weight excluding hydrogens is 262 g/mol. The van der Waals surface area contributed by atoms with Crippen LogP contribution in [0.25, 0.3) is 0 Å². The molecule has 2 unspecified atom stereocenters. The molecule has 6 heteroatoms. The van der Waals surface area contributed by atoms with Crippen LogP contribution in [-0.4, -0.2) is 36.2 Å². The van der Waals surface area contributed by atoms with E-state index in [4.69, 9.17) is 0 Å². The van der Waals surface area contributed by atoms with E-state index in [-0.39, 0.29) is 17.7 Å². The quantitative estimate of drug-likeness (QED) is 0.891. The Hall–Kier alpha value is -0.880. The van der Waals surface area contributed by atoms with Crippen molar-refractivity contribution in [2.75, 3.05) is 18.1 Å². The van der Waals surface area contributed by atoms with Crippen molar-refractivity contribution in [2.45, 2.75) is 39.3 Å². The average Bonchev–Trinajstić information content (AvgIpc) is 2.92. The van der Waals surface area contributed by atoms with Gasteiger partial charge in [0.1, 0.15) is 0 Å². The van der Waals surface area contributed by atoms with Crippen molar-refractivity contribution >= 4 is 9.84 Å². The van der Waals surface area contributed by atoms with Crippen LogP contribution in [0.15, 0.2) is 12.4 Å². The first-order valence-electron chi connectivity index (χ1n) is 6.91. The highest BCUT2D eigenvalue weighted by atomic mass is 32.2. The zero-order valence-electron chi connectivity index (χ0n) is 11.8. The van der Waals surface area contributed by atoms with Gasteiger partial charge in [0.15, 0.2) is 9.84 Å². The number of hydrogen-bond donors (Lipinski definition) is 1. The Kier molecular flexibility index (Phi) is 4.30. The minimum absolute atomic E-state index is 0.0924. The summed E-state index contributed by atoms with van der Waals surface area (Å²) in [4.78, 5) is 0. The minimum Gasteiger partial charge on any atom is -0.310 e. The molecule has 0 aliphatic carbocycles. The van der Waals surface area contributed by atoms with Gasteiger partial charge in [-0.25, -0.2) is 8.42 Å². The molecule has 108 valence electrons. The van der Waals surface area contributed by atoms with Crippen molar-refractivity contribution in [1.82, 2.24) is 15.1 Å². The largest absolute Gasteiger partial charge is 0.310 e. The zero-order valence-corrected chi connectivity index (χ0v) is 12.7. The lowest BCUT2D eigenvalue weighted by atomic mass is 9.94. The van der Waals surface area contributed by atoms with Gasteiger partial charge in [-0.1, -0.05) is 6.92 Å². The normalized spacial score (nSPS) is 23.9. The summed E-state index contributed by atoms with van der Waals surface area (Å²) in [6, 6.07) is 0.415. The number of rotatable bonds is 5. The molecule has 0 aromatic carbocycles. The third kappa shape index (κ3) is 3.36. The van der Waals surface area contributed by atoms with Crippen LogP contribution < -0.4 is 5.32 Å². The minimum atomic E-state index is -2.84. The van der Waals surface area contributed by atoms with Crippen molar-refractivity contribution < 1.29 is 8.42 Å². The Bertz CT molecular complexity index is 522. The van der Waals surface area contributed by atoms with Gasteiger partial charge >= 0.3 is 0 Å². The van der Waals surface area contributed by atoms with E-state index in [1.54, 1.807) is 0 Å². The molecule has 5 nitrogen and oxygen atoms in total. The van der Waals surface area contributed by atoms with Gasteiger partial charge in [0.2, 0.25) is 0 Å². The molecule has 0 amide bonds. The van der Waals surface area contributed by atoms with Crippen LogP contribution >= 0.6 is 0 Å². The molecule has 1 aliphatic heterocycles. The van der Waals surface area contributed by atoms with E-state index in [1.165, 1.54) is 0 Å². The Labute approximate surface area is 115 Å². The van der Waals surface area contributed by atoms with E-state index in [0.717, 1.165) is 18.5 Å². The maximum absolute atomic E-state index is 11.6. The number of hydrogen-bond acceptors (Lipinski definition) is 4. The molecule has 2 rings (SSSR count). The van der Waals surface area contributed by atoms with E-state index in [0.29, 0.717) is 11.8 Å². The first-order valence-corrected chi connectivity index (χ1v) is 8.73. The fraction of sp³-hybridized carbons (Fsp3) is 0.769. The van der Waals surface area contributed by atoms with Crippen LogP contribution in [0.5, 0.6) is 0 Å². The van der Waals surface area contributed by atoms with Crippen LogP contribution in [0.3, 0.4) is 0 Å². The van der Waals surface area contributed by atoms with Gasteiger partial charge in [-0.15, -0.1) is 0 Å². The molecule has 1 saturated heterocycles. The van der Waals surface area contributed by atoms with Gasteiger partial charge in [0.25, 0.3) is 0 Å². The summed E-state index contributed by atoms with van der Waals surface area (Å²) < 4.78 is 25.2. The highest BCUT2D eigenvalue weighted by molar-refractivity contribution is 7.91. The van der Waals surface area contributed by atoms with Crippen molar-refractivity contribution in [3.05, 3.63) is 18.0 Å². The molecule has 0 bridgehead atoms. The molecule has 0 saturated carbocycles. The van der Waals surface area contributed by atoms with Crippen molar-refractivity contribution in [2.24, 2.45) is 5.92 Å². The van der Waals surface area contributed by atoms with Crippen LogP contribution in [0, 0.1) is 5.92 Å². The summed E-state index contributed by atoms with van der Waals surface area (Å²) in [5.74, 6) is 0.768. The first kappa shape index (κ1) is 14.5. The maximum Gasteiger partial charge on any atom is 0.150 e. The molecular formula is C13H23N3O2S. The summed E-state index contributed by atoms with van der Waals surface area (Å²) in [6.07, 6.45) is 4.63. The number of sulfone groups is 1. The highest BCUT2D eigenvalue weighted by Crippen LogP contribution is 2.31. The van der Waals surface area contributed by atoms with Gasteiger partial charge in [-0.3, -0.25) is 4.68 Å². The Balaban J connectivity index is 2.19. The maximum atomic E-state index is 11.6. The third-order valence-electron chi connectivity index (χ3n) is 3.67. The molecule has 1 fully saturated rings. The number of nitrogens with one attached hydrogen (secondary N) is 1. The summed E-state index contributed by atoms with van der Waals surface area (Å²) in [5.41, 5.74) is 1.10. The summed E-state index contributed by atoms with van der Waals surface area (Å²) in [7, 11) is -2.84. The third-order valence-corrected chi connectivity index (χ3v) is 5.47. The highest BCUT2D eigenvalue weighted by Gasteiger charge is 2.34. The Morgan fingerprint density at radius 2 is 2.26 bits per heavy atom. The van der Waals surface area contributed by atoms with Crippen LogP contribution in [0.1, 0.15) is 44.8 Å². The van der Waals surface area contributed by atoms with Gasteiger partial charge in [0.05, 0.1) is 17.7 Å². The lowest BCUT2D eigenvalue weighted by molar-refractivity contribution is 0.399. The monoisotopic (exact) mass is 285 g/mol. The predicted molar refractivity (Wildman–Crippen MR) is 75.8 cm³/mol. The molecule has 1 aliphatic rings. The summed E-state index contributed by atoms with van der Waals surface area (Å²) in [6.45, 7) is 7.04. The van der Waals surface area contributed by atoms with Crippen LogP contribution in [0.4, 0.5) is 0 Å². The van der Waals surface area contributed by atoms with E-state index >= 15 is 0 Å². The van der Waals surface area contributed by atoms with Gasteiger partial charge in [-0.05, 0) is 32.7 Å². The lowest BCUT2D eigenvalue weighted by Crippen LogP contribution is -2.28. The number of nitrogens with zero attached hydrogens (tertiary/aromatic N) is 2. The standard InChI is InChI=1S/C13H23N3O2S/c1-4-14-13(11-5-6-19(17,18)9-11)12-7-15-16(8-12)10(2)3/h7-8,10-11,13-14H,4-6,9H2,1-3H3. The molecule has 1 aromatic rings. The number of aromatic nitrogens is 2. The lowest BCUT2D eigenvalue weighted by Gasteiger charge is -2.22. The topological polar surface area (TPSA) is 64.0 Å². The summed E-state index contributed by atoms with van der Waals surface area (Å²) >= 11 is 0. The van der Waals surface area contributed by atoms with Crippen LogP contribution in [-0.2, 0) is 9.84 Å². The second kappa shape index (κ2) is 5.63. The molecule has 1 aromatic heterocycles. The fourth-order valence-electron chi connectivity index (χ4n) is 2.66. The zero-order chi connectivity index (χ0) is 14.0. The smallest absolute Gasteiger partial charge is 0.150 e. The van der Waals surface area contributed by atoms with E-state index in [2.05, 4.69) is 24.3 Å². The second-order valence-electron chi connectivity index (χ2n) is 5.55. The molecule has 0 spiro atoms. The van der Waals surface area contributed by atoms with E-state index in [1.807, 2.05) is 24.0 Å². The molecule has 0 radical (unpaired) electrons. The second-order valence-corrected chi connectivity index (χ2v) is 7.77. The predicted octanol–water partition coefficient (Wildman–Crippen LogP) is 1.55. The van der Waals surface area contributed by atoms with E-state index in [9.17, 15) is 8.42 Å². The molecule has 1 N–H and O–H groups in total. The van der Waals surface area contributed by atoms with Crippen LogP contribution in [0.2, 0.25) is 0 Å². The van der Waals surface area contributed by atoms with Gasteiger partial charge in [0, 0.05) is 23.8 Å². The Morgan fingerprint density at radius 3 is 2.74 bits per heavy atom. The van der Waals surface area contributed by atoms with E-state index < -0.39 is 9.84 Å². The SMILES string of the molecule is CCNC(c1cnn(C(C)C)c1)C1CCS(=O)(=O)C1. The molecule has 2 atom stereocenters. The van der Waals surface area contributed by atoms with Gasteiger partial charge < -0.3 is 5.32 Å².